The zero-order valence-electron chi connectivity index (χ0n) is 11.4. The average Bonchev–Trinajstić information content (AvgIpc) is 2.41. The van der Waals surface area contributed by atoms with Crippen molar-refractivity contribution in [3.63, 3.8) is 0 Å². The Labute approximate surface area is 117 Å². The van der Waals surface area contributed by atoms with Gasteiger partial charge in [0.2, 0.25) is 0 Å². The first-order chi connectivity index (χ1) is 9.54. The minimum absolute atomic E-state index is 0.361. The van der Waals surface area contributed by atoms with E-state index in [1.165, 1.54) is 6.07 Å². The van der Waals surface area contributed by atoms with Gasteiger partial charge in [0.1, 0.15) is 6.04 Å². The number of carboxylic acids is 1. The van der Waals surface area contributed by atoms with Gasteiger partial charge in [0.25, 0.3) is 0 Å². The van der Waals surface area contributed by atoms with Gasteiger partial charge in [-0.1, -0.05) is 38.0 Å². The molecule has 0 saturated carbocycles. The van der Waals surface area contributed by atoms with Crippen LogP contribution in [0.25, 0.3) is 6.08 Å². The van der Waals surface area contributed by atoms with E-state index in [1.54, 1.807) is 12.2 Å². The monoisotopic (exact) mass is 283 g/mol. The smallest absolute Gasteiger partial charge is 0.320 e. The van der Waals surface area contributed by atoms with Crippen LogP contribution in [0, 0.1) is 11.6 Å². The number of carboxylic acid groups (broad SMARTS) is 1. The Kier molecular flexibility index (Phi) is 6.87. The molecule has 5 heteroatoms. The molecule has 110 valence electrons. The first-order valence-corrected chi connectivity index (χ1v) is 6.62. The average molecular weight is 283 g/mol. The van der Waals surface area contributed by atoms with Gasteiger partial charge in [0, 0.05) is 6.54 Å². The van der Waals surface area contributed by atoms with Crippen molar-refractivity contribution in [1.29, 1.82) is 0 Å². The fourth-order valence-corrected chi connectivity index (χ4v) is 1.74. The summed E-state index contributed by atoms with van der Waals surface area (Å²) >= 11 is 0. The van der Waals surface area contributed by atoms with Crippen molar-refractivity contribution in [1.82, 2.24) is 5.32 Å². The lowest BCUT2D eigenvalue weighted by molar-refractivity contribution is -0.139. The van der Waals surface area contributed by atoms with Crippen LogP contribution >= 0.6 is 0 Å². The molecule has 1 rings (SSSR count). The van der Waals surface area contributed by atoms with Crippen LogP contribution in [0.1, 0.15) is 31.7 Å². The number of carbonyl (C=O) groups is 1. The Morgan fingerprint density at radius 2 is 2.15 bits per heavy atom. The van der Waals surface area contributed by atoms with Gasteiger partial charge in [-0.3, -0.25) is 4.79 Å². The summed E-state index contributed by atoms with van der Waals surface area (Å²) in [6.07, 6.45) is 5.67. The van der Waals surface area contributed by atoms with Gasteiger partial charge in [0.15, 0.2) is 11.6 Å². The number of hydrogen-bond donors (Lipinski definition) is 2. The fraction of sp³-hybridized carbons (Fsp3) is 0.400. The molecule has 0 heterocycles. The lowest BCUT2D eigenvalue weighted by Gasteiger charge is -2.12. The zero-order valence-corrected chi connectivity index (χ0v) is 11.4. The Morgan fingerprint density at radius 1 is 1.40 bits per heavy atom. The van der Waals surface area contributed by atoms with E-state index >= 15 is 0 Å². The topological polar surface area (TPSA) is 49.3 Å². The highest BCUT2D eigenvalue weighted by Gasteiger charge is 2.14. The molecule has 0 radical (unpaired) electrons. The van der Waals surface area contributed by atoms with Gasteiger partial charge < -0.3 is 10.4 Å². The highest BCUT2D eigenvalue weighted by Crippen LogP contribution is 2.09. The molecule has 1 aromatic rings. The molecular formula is C15H19F2NO2. The summed E-state index contributed by atoms with van der Waals surface area (Å²) in [5, 5.41) is 11.9. The second kappa shape index (κ2) is 8.43. The van der Waals surface area contributed by atoms with E-state index in [0.29, 0.717) is 18.5 Å². The fourth-order valence-electron chi connectivity index (χ4n) is 1.74. The third kappa shape index (κ3) is 5.48. The first kappa shape index (κ1) is 16.3. The summed E-state index contributed by atoms with van der Waals surface area (Å²) in [5.74, 6) is -2.66. The van der Waals surface area contributed by atoms with Crippen molar-refractivity contribution in [2.45, 2.75) is 32.2 Å². The Morgan fingerprint density at radius 3 is 2.75 bits per heavy atom. The largest absolute Gasteiger partial charge is 0.480 e. The molecule has 20 heavy (non-hydrogen) atoms. The normalized spacial score (nSPS) is 12.8. The van der Waals surface area contributed by atoms with Crippen LogP contribution in [0.2, 0.25) is 0 Å². The summed E-state index contributed by atoms with van der Waals surface area (Å²) in [6, 6.07) is 3.03. The quantitative estimate of drug-likeness (QED) is 0.770. The summed E-state index contributed by atoms with van der Waals surface area (Å²) in [5.41, 5.74) is 0.533. The molecule has 0 amide bonds. The third-order valence-corrected chi connectivity index (χ3v) is 2.88. The van der Waals surface area contributed by atoms with Crippen molar-refractivity contribution in [3.05, 3.63) is 41.5 Å². The van der Waals surface area contributed by atoms with E-state index in [9.17, 15) is 13.6 Å². The lowest BCUT2D eigenvalue weighted by atomic mass is 10.1. The Bertz CT molecular complexity index is 475. The van der Waals surface area contributed by atoms with Gasteiger partial charge in [-0.2, -0.15) is 0 Å². The van der Waals surface area contributed by atoms with Crippen LogP contribution in [0.3, 0.4) is 0 Å². The maximum atomic E-state index is 13.0. The summed E-state index contributed by atoms with van der Waals surface area (Å²) in [6.45, 7) is 2.36. The number of nitrogens with one attached hydrogen (secondary N) is 1. The molecule has 2 N–H and O–H groups in total. The summed E-state index contributed by atoms with van der Waals surface area (Å²) in [4.78, 5) is 11.0. The first-order valence-electron chi connectivity index (χ1n) is 6.62. The van der Waals surface area contributed by atoms with E-state index < -0.39 is 23.6 Å². The van der Waals surface area contributed by atoms with Crippen molar-refractivity contribution in [2.75, 3.05) is 6.54 Å². The van der Waals surface area contributed by atoms with Gasteiger partial charge in [-0.25, -0.2) is 8.78 Å². The number of aliphatic carboxylic acids is 1. The molecule has 1 aromatic carbocycles. The minimum atomic E-state index is -0.897. The molecule has 0 fully saturated rings. The van der Waals surface area contributed by atoms with Crippen molar-refractivity contribution in [2.24, 2.45) is 0 Å². The van der Waals surface area contributed by atoms with Crippen molar-refractivity contribution in [3.8, 4) is 0 Å². The standard InChI is InChI=1S/C15H19F2NO2/c1-2-3-6-14(15(19)20)18-9-4-5-11-7-8-12(16)13(17)10-11/h4-5,7-8,10,14,18H,2-3,6,9H2,1H3,(H,19,20)/b5-4+/t14-/m0/s1. The zero-order chi connectivity index (χ0) is 15.0. The molecule has 1 atom stereocenters. The molecule has 0 bridgehead atoms. The Hall–Kier alpha value is -1.75. The second-order valence-corrected chi connectivity index (χ2v) is 4.52. The van der Waals surface area contributed by atoms with Crippen molar-refractivity contribution >= 4 is 12.0 Å². The molecule has 0 spiro atoms. The van der Waals surface area contributed by atoms with E-state index in [2.05, 4.69) is 5.32 Å². The number of rotatable bonds is 8. The van der Waals surface area contributed by atoms with Gasteiger partial charge >= 0.3 is 5.97 Å². The van der Waals surface area contributed by atoms with Gasteiger partial charge in [0.05, 0.1) is 0 Å². The van der Waals surface area contributed by atoms with Crippen LogP contribution in [0.15, 0.2) is 24.3 Å². The van der Waals surface area contributed by atoms with E-state index in [1.807, 2.05) is 6.92 Å². The van der Waals surface area contributed by atoms with Crippen molar-refractivity contribution < 1.29 is 18.7 Å². The van der Waals surface area contributed by atoms with Crippen LogP contribution in [-0.4, -0.2) is 23.7 Å². The second-order valence-electron chi connectivity index (χ2n) is 4.52. The molecule has 0 aliphatic carbocycles. The molecular weight excluding hydrogens is 264 g/mol. The lowest BCUT2D eigenvalue weighted by Crippen LogP contribution is -2.36. The van der Waals surface area contributed by atoms with E-state index in [-0.39, 0.29) is 0 Å². The number of halogens is 2. The number of hydrogen-bond acceptors (Lipinski definition) is 2. The molecule has 0 unspecified atom stereocenters. The van der Waals surface area contributed by atoms with Crippen LogP contribution in [0.4, 0.5) is 8.78 Å². The van der Waals surface area contributed by atoms with Crippen LogP contribution in [-0.2, 0) is 4.79 Å². The molecule has 0 aromatic heterocycles. The van der Waals surface area contributed by atoms with Crippen LogP contribution < -0.4 is 5.32 Å². The van der Waals surface area contributed by atoms with E-state index in [4.69, 9.17) is 5.11 Å². The minimum Gasteiger partial charge on any atom is -0.480 e. The van der Waals surface area contributed by atoms with Gasteiger partial charge in [-0.15, -0.1) is 0 Å². The van der Waals surface area contributed by atoms with Crippen LogP contribution in [0.5, 0.6) is 0 Å². The maximum absolute atomic E-state index is 13.0. The summed E-state index contributed by atoms with van der Waals surface area (Å²) in [7, 11) is 0. The number of benzene rings is 1. The predicted molar refractivity (Wildman–Crippen MR) is 74.3 cm³/mol. The molecule has 0 aliphatic heterocycles. The highest BCUT2D eigenvalue weighted by atomic mass is 19.2. The number of unbranched alkanes of at least 4 members (excludes halogenated alkanes) is 1. The van der Waals surface area contributed by atoms with E-state index in [0.717, 1.165) is 25.0 Å². The third-order valence-electron chi connectivity index (χ3n) is 2.88. The molecule has 0 aliphatic rings. The predicted octanol–water partition coefficient (Wildman–Crippen LogP) is 3.21. The summed E-state index contributed by atoms with van der Waals surface area (Å²) < 4.78 is 25.7. The SMILES string of the molecule is CCCC[C@H](NC/C=C/c1ccc(F)c(F)c1)C(=O)O. The molecule has 3 nitrogen and oxygen atoms in total. The Balaban J connectivity index is 2.46. The highest BCUT2D eigenvalue weighted by molar-refractivity contribution is 5.73. The maximum Gasteiger partial charge on any atom is 0.320 e. The van der Waals surface area contributed by atoms with Gasteiger partial charge in [-0.05, 0) is 24.1 Å². The molecule has 0 saturated heterocycles.